The largest absolute Gasteiger partial charge is 0.339 e. The number of rotatable bonds is 9. The fourth-order valence-corrected chi connectivity index (χ4v) is 3.42. The van der Waals surface area contributed by atoms with Gasteiger partial charge in [-0.15, -0.1) is 6.58 Å². The number of anilines is 1. The van der Waals surface area contributed by atoms with Crippen LogP contribution in [-0.4, -0.2) is 29.8 Å². The van der Waals surface area contributed by atoms with E-state index in [1.165, 1.54) is 11.1 Å². The predicted molar refractivity (Wildman–Crippen MR) is 109 cm³/mol. The fourth-order valence-electron chi connectivity index (χ4n) is 3.42. The first-order valence-corrected chi connectivity index (χ1v) is 9.50. The number of nitrogens with zero attached hydrogens (tertiary/aromatic N) is 1. The molecule has 0 bridgehead atoms. The van der Waals surface area contributed by atoms with Crippen LogP contribution in [0.2, 0.25) is 0 Å². The molecule has 140 valence electrons. The number of hydrogen-bond acceptors (Lipinski definition) is 2. The van der Waals surface area contributed by atoms with Gasteiger partial charge in [-0.25, -0.2) is 0 Å². The molecule has 1 aliphatic rings. The van der Waals surface area contributed by atoms with Crippen LogP contribution in [0, 0.1) is 0 Å². The minimum atomic E-state index is 0.0517. The van der Waals surface area contributed by atoms with Gasteiger partial charge in [-0.1, -0.05) is 48.5 Å². The summed E-state index contributed by atoms with van der Waals surface area (Å²) >= 11 is 0. The second-order valence-corrected chi connectivity index (χ2v) is 6.93. The van der Waals surface area contributed by atoms with Crippen LogP contribution in [0.25, 0.3) is 0 Å². The van der Waals surface area contributed by atoms with Crippen LogP contribution >= 0.6 is 0 Å². The van der Waals surface area contributed by atoms with Gasteiger partial charge in [0.2, 0.25) is 11.8 Å². The lowest BCUT2D eigenvalue weighted by atomic mass is 10.0. The highest BCUT2D eigenvalue weighted by Crippen LogP contribution is 2.24. The summed E-state index contributed by atoms with van der Waals surface area (Å²) in [5.41, 5.74) is 4.39. The third-order valence-corrected chi connectivity index (χ3v) is 4.87. The van der Waals surface area contributed by atoms with Crippen LogP contribution < -0.4 is 5.32 Å². The summed E-state index contributed by atoms with van der Waals surface area (Å²) in [4.78, 5) is 25.9. The van der Waals surface area contributed by atoms with Crippen LogP contribution in [0.4, 0.5) is 5.69 Å². The fraction of sp³-hybridized carbons (Fsp3) is 0.304. The molecule has 3 rings (SSSR count). The van der Waals surface area contributed by atoms with Crippen molar-refractivity contribution in [3.63, 3.8) is 0 Å². The molecule has 2 aromatic carbocycles. The number of amides is 2. The maximum absolute atomic E-state index is 12.6. The van der Waals surface area contributed by atoms with Gasteiger partial charge in [-0.3, -0.25) is 9.59 Å². The molecule has 0 fully saturated rings. The third kappa shape index (κ3) is 5.30. The minimum Gasteiger partial charge on any atom is -0.339 e. The number of aryl methyl sites for hydroxylation is 1. The number of benzene rings is 2. The summed E-state index contributed by atoms with van der Waals surface area (Å²) in [5, 5.41) is 2.85. The summed E-state index contributed by atoms with van der Waals surface area (Å²) in [6, 6.07) is 16.3. The molecule has 4 nitrogen and oxygen atoms in total. The van der Waals surface area contributed by atoms with Crippen molar-refractivity contribution in [1.29, 1.82) is 0 Å². The van der Waals surface area contributed by atoms with E-state index in [-0.39, 0.29) is 11.8 Å². The van der Waals surface area contributed by atoms with Gasteiger partial charge in [0, 0.05) is 25.2 Å². The first kappa shape index (κ1) is 18.9. The number of carbonyl (C=O) groups is 2. The van der Waals surface area contributed by atoms with Crippen LogP contribution in [0.3, 0.4) is 0 Å². The van der Waals surface area contributed by atoms with E-state index in [2.05, 4.69) is 30.1 Å². The van der Waals surface area contributed by atoms with Gasteiger partial charge in [0.1, 0.15) is 0 Å². The van der Waals surface area contributed by atoms with E-state index in [1.54, 1.807) is 6.08 Å². The minimum absolute atomic E-state index is 0.0517. The van der Waals surface area contributed by atoms with Gasteiger partial charge in [0.25, 0.3) is 0 Å². The van der Waals surface area contributed by atoms with Crippen molar-refractivity contribution in [2.45, 2.75) is 32.1 Å². The molecule has 0 unspecified atom stereocenters. The van der Waals surface area contributed by atoms with E-state index < -0.39 is 0 Å². The van der Waals surface area contributed by atoms with E-state index in [4.69, 9.17) is 0 Å². The van der Waals surface area contributed by atoms with Crippen LogP contribution in [0.15, 0.2) is 61.2 Å². The maximum Gasteiger partial charge on any atom is 0.228 e. The average Bonchev–Trinajstić information content (AvgIpc) is 3.05. The lowest BCUT2D eigenvalue weighted by Crippen LogP contribution is -2.33. The lowest BCUT2D eigenvalue weighted by molar-refractivity contribution is -0.130. The highest BCUT2D eigenvalue weighted by Gasteiger charge is 2.17. The van der Waals surface area contributed by atoms with E-state index in [9.17, 15) is 9.59 Å². The summed E-state index contributed by atoms with van der Waals surface area (Å²) in [5.74, 6) is 0.222. The molecule has 1 aliphatic heterocycles. The molecule has 0 radical (unpaired) electrons. The monoisotopic (exact) mass is 362 g/mol. The normalized spacial score (nSPS) is 12.4. The zero-order chi connectivity index (χ0) is 19.1. The third-order valence-electron chi connectivity index (χ3n) is 4.87. The molecule has 1 heterocycles. The average molecular weight is 362 g/mol. The first-order chi connectivity index (χ1) is 13.2. The number of fused-ring (bicyclic) bond motifs is 1. The van der Waals surface area contributed by atoms with Crippen molar-refractivity contribution >= 4 is 17.5 Å². The van der Waals surface area contributed by atoms with Crippen molar-refractivity contribution in [2.75, 3.05) is 18.4 Å². The molecule has 2 aromatic rings. The van der Waals surface area contributed by atoms with Crippen LogP contribution in [-0.2, 0) is 28.9 Å². The van der Waals surface area contributed by atoms with Crippen molar-refractivity contribution in [1.82, 2.24) is 4.90 Å². The van der Waals surface area contributed by atoms with Gasteiger partial charge in [0.15, 0.2) is 0 Å². The van der Waals surface area contributed by atoms with Crippen molar-refractivity contribution in [3.05, 3.63) is 77.9 Å². The quantitative estimate of drug-likeness (QED) is 0.691. The van der Waals surface area contributed by atoms with E-state index >= 15 is 0 Å². The lowest BCUT2D eigenvalue weighted by Gasteiger charge is -2.21. The molecule has 27 heavy (non-hydrogen) atoms. The molecule has 1 N–H and O–H groups in total. The van der Waals surface area contributed by atoms with Gasteiger partial charge in [0.05, 0.1) is 6.42 Å². The molecule has 0 spiro atoms. The summed E-state index contributed by atoms with van der Waals surface area (Å²) in [6.07, 6.45) is 5.26. The topological polar surface area (TPSA) is 49.4 Å². The van der Waals surface area contributed by atoms with Gasteiger partial charge in [-0.05, 0) is 42.0 Å². The Balaban J connectivity index is 1.48. The molecule has 0 aromatic heterocycles. The van der Waals surface area contributed by atoms with E-state index in [0.29, 0.717) is 25.9 Å². The Bertz CT molecular complexity index is 814. The SMILES string of the molecule is C=CCN(CCc1ccccc1)C(=O)CCCc1ccc2c(c1)CC(=O)N2. The molecule has 2 amide bonds. The second-order valence-electron chi connectivity index (χ2n) is 6.93. The van der Waals surface area contributed by atoms with Gasteiger partial charge < -0.3 is 10.2 Å². The molecular weight excluding hydrogens is 336 g/mol. The van der Waals surface area contributed by atoms with Crippen LogP contribution in [0.1, 0.15) is 29.5 Å². The Morgan fingerprint density at radius 1 is 1.11 bits per heavy atom. The zero-order valence-electron chi connectivity index (χ0n) is 15.6. The van der Waals surface area contributed by atoms with E-state index in [1.807, 2.05) is 35.2 Å². The Hall–Kier alpha value is -2.88. The standard InChI is InChI=1S/C23H26N2O2/c1-2-14-25(15-13-18-7-4-3-5-8-18)23(27)10-6-9-19-11-12-21-20(16-19)17-22(26)24-21/h2-5,7-8,11-12,16H,1,6,9-10,13-15,17H2,(H,24,26). The van der Waals surface area contributed by atoms with Crippen molar-refractivity contribution < 1.29 is 9.59 Å². The molecule has 0 saturated carbocycles. The smallest absolute Gasteiger partial charge is 0.228 e. The van der Waals surface area contributed by atoms with Gasteiger partial charge >= 0.3 is 0 Å². The molecule has 0 saturated heterocycles. The summed E-state index contributed by atoms with van der Waals surface area (Å²) in [6.45, 7) is 5.07. The number of nitrogens with one attached hydrogen (secondary N) is 1. The molecule has 4 heteroatoms. The molecule has 0 aliphatic carbocycles. The Kier molecular flexibility index (Phi) is 6.42. The maximum atomic E-state index is 12.6. The predicted octanol–water partition coefficient (Wildman–Crippen LogP) is 3.76. The number of carbonyl (C=O) groups excluding carboxylic acids is 2. The summed E-state index contributed by atoms with van der Waals surface area (Å²) in [7, 11) is 0. The molecular formula is C23H26N2O2. The van der Waals surface area contributed by atoms with Gasteiger partial charge in [-0.2, -0.15) is 0 Å². The molecule has 0 atom stereocenters. The first-order valence-electron chi connectivity index (χ1n) is 9.50. The van der Waals surface area contributed by atoms with Crippen LogP contribution in [0.5, 0.6) is 0 Å². The van der Waals surface area contributed by atoms with Crippen molar-refractivity contribution in [3.8, 4) is 0 Å². The Morgan fingerprint density at radius 2 is 1.93 bits per heavy atom. The number of hydrogen-bond donors (Lipinski definition) is 1. The Labute approximate surface area is 160 Å². The second kappa shape index (κ2) is 9.17. The highest BCUT2D eigenvalue weighted by atomic mass is 16.2. The highest BCUT2D eigenvalue weighted by molar-refractivity contribution is 5.99. The zero-order valence-corrected chi connectivity index (χ0v) is 15.6. The summed E-state index contributed by atoms with van der Waals surface area (Å²) < 4.78 is 0. The Morgan fingerprint density at radius 3 is 2.70 bits per heavy atom. The van der Waals surface area contributed by atoms with E-state index in [0.717, 1.165) is 30.5 Å². The van der Waals surface area contributed by atoms with Crippen molar-refractivity contribution in [2.24, 2.45) is 0 Å².